The van der Waals surface area contributed by atoms with Crippen LogP contribution >= 0.6 is 0 Å². The van der Waals surface area contributed by atoms with Gasteiger partial charge in [-0.3, -0.25) is 10.1 Å². The topological polar surface area (TPSA) is 115 Å². The van der Waals surface area contributed by atoms with E-state index in [1.165, 1.54) is 6.07 Å². The number of nitrogens with zero attached hydrogens (tertiary/aromatic N) is 4. The second kappa shape index (κ2) is 6.39. The number of rotatable bonds is 3. The monoisotopic (exact) mass is 302 g/mol. The summed E-state index contributed by atoms with van der Waals surface area (Å²) in [6.45, 7) is 1.89. The van der Waals surface area contributed by atoms with Gasteiger partial charge in [-0.05, 0) is 18.6 Å². The average molecular weight is 302 g/mol. The maximum Gasteiger partial charge on any atom is 0.275 e. The molecule has 0 aliphatic carbocycles. The molecule has 0 unspecified atom stereocenters. The van der Waals surface area contributed by atoms with Gasteiger partial charge in [0.15, 0.2) is 0 Å². The Labute approximate surface area is 132 Å². The molecule has 0 aliphatic rings. The van der Waals surface area contributed by atoms with Crippen molar-refractivity contribution < 1.29 is 4.92 Å². The Hall–Kier alpha value is -3.69. The molecule has 0 aliphatic heterocycles. The highest BCUT2D eigenvalue weighted by molar-refractivity contribution is 5.59. The normalized spacial score (nSPS) is 10.9. The van der Waals surface area contributed by atoms with Gasteiger partial charge in [0.25, 0.3) is 5.69 Å². The zero-order valence-corrected chi connectivity index (χ0v) is 12.1. The average Bonchev–Trinajstić information content (AvgIpc) is 2.56. The van der Waals surface area contributed by atoms with Crippen LogP contribution in [0.3, 0.4) is 0 Å². The van der Waals surface area contributed by atoms with Gasteiger partial charge in [0.05, 0.1) is 27.7 Å². The summed E-state index contributed by atoms with van der Waals surface area (Å²) in [5, 5.41) is 38.9. The van der Waals surface area contributed by atoms with Crippen LogP contribution in [0, 0.1) is 51.0 Å². The number of nitro groups is 1. The third-order valence-electron chi connectivity index (χ3n) is 3.46. The lowest BCUT2D eigenvalue weighted by molar-refractivity contribution is -0.385. The molecule has 110 valence electrons. The molecular weight excluding hydrogens is 292 g/mol. The fraction of sp³-hybridized carbons (Fsp3) is 0.118. The Morgan fingerprint density at radius 3 is 2.09 bits per heavy atom. The first-order chi connectivity index (χ1) is 11.0. The van der Waals surface area contributed by atoms with E-state index in [1.54, 1.807) is 30.3 Å². The summed E-state index contributed by atoms with van der Waals surface area (Å²) in [5.41, 5.74) is 1.29. The molecule has 0 N–H and O–H groups in total. The maximum absolute atomic E-state index is 11.3. The molecule has 2 rings (SSSR count). The number of nitro benzene ring substituents is 1. The first kappa shape index (κ1) is 15.7. The molecule has 2 aromatic carbocycles. The third kappa shape index (κ3) is 3.00. The van der Waals surface area contributed by atoms with E-state index in [4.69, 9.17) is 10.5 Å². The molecule has 6 heteroatoms. The molecule has 0 amide bonds. The van der Waals surface area contributed by atoms with Crippen LogP contribution in [0.5, 0.6) is 0 Å². The van der Waals surface area contributed by atoms with Gasteiger partial charge in [0, 0.05) is 6.07 Å². The first-order valence-corrected chi connectivity index (χ1v) is 6.60. The lowest BCUT2D eigenvalue weighted by Gasteiger charge is -2.12. The number of nitriles is 3. The van der Waals surface area contributed by atoms with Crippen molar-refractivity contribution in [2.24, 2.45) is 0 Å². The standard InChI is InChI=1S/C17H10N4O2/c1-11-2-4-12(5-3-11)16(10-20)15-6-13(8-18)14(9-19)7-17(15)21(22)23/h2-7,16H,1H3/t16-/m0/s1. The van der Waals surface area contributed by atoms with Crippen LogP contribution in [-0.2, 0) is 0 Å². The lowest BCUT2D eigenvalue weighted by atomic mass is 9.88. The highest BCUT2D eigenvalue weighted by Crippen LogP contribution is 2.33. The van der Waals surface area contributed by atoms with Gasteiger partial charge < -0.3 is 0 Å². The highest BCUT2D eigenvalue weighted by atomic mass is 16.6. The molecule has 0 saturated heterocycles. The molecule has 0 spiro atoms. The fourth-order valence-corrected chi connectivity index (χ4v) is 2.26. The van der Waals surface area contributed by atoms with Crippen LogP contribution in [0.1, 0.15) is 33.7 Å². The Morgan fingerprint density at radius 1 is 1.04 bits per heavy atom. The van der Waals surface area contributed by atoms with Crippen molar-refractivity contribution in [3.63, 3.8) is 0 Å². The van der Waals surface area contributed by atoms with E-state index in [2.05, 4.69) is 0 Å². The highest BCUT2D eigenvalue weighted by Gasteiger charge is 2.26. The summed E-state index contributed by atoms with van der Waals surface area (Å²) in [6.07, 6.45) is 0. The lowest BCUT2D eigenvalue weighted by Crippen LogP contribution is -2.05. The molecular formula is C17H10N4O2. The van der Waals surface area contributed by atoms with Crippen molar-refractivity contribution in [1.82, 2.24) is 0 Å². The zero-order valence-electron chi connectivity index (χ0n) is 12.1. The van der Waals surface area contributed by atoms with Crippen LogP contribution < -0.4 is 0 Å². The van der Waals surface area contributed by atoms with Crippen LogP contribution in [0.25, 0.3) is 0 Å². The van der Waals surface area contributed by atoms with E-state index in [0.717, 1.165) is 11.6 Å². The predicted octanol–water partition coefficient (Wildman–Crippen LogP) is 3.30. The quantitative estimate of drug-likeness (QED) is 0.637. The summed E-state index contributed by atoms with van der Waals surface area (Å²) in [7, 11) is 0. The smallest absolute Gasteiger partial charge is 0.258 e. The van der Waals surface area contributed by atoms with Crippen LogP contribution in [0.4, 0.5) is 5.69 Å². The van der Waals surface area contributed by atoms with Crippen LogP contribution in [0.15, 0.2) is 36.4 Å². The van der Waals surface area contributed by atoms with Crippen molar-refractivity contribution in [1.29, 1.82) is 15.8 Å². The van der Waals surface area contributed by atoms with Crippen molar-refractivity contribution in [3.05, 3.63) is 74.3 Å². The Morgan fingerprint density at radius 2 is 1.61 bits per heavy atom. The van der Waals surface area contributed by atoms with Crippen LogP contribution in [-0.4, -0.2) is 4.92 Å². The molecule has 1 atom stereocenters. The predicted molar refractivity (Wildman–Crippen MR) is 81.2 cm³/mol. The fourth-order valence-electron chi connectivity index (χ4n) is 2.26. The SMILES string of the molecule is Cc1ccc([C@H](C#N)c2cc(C#N)c(C#N)cc2[N+](=O)[O-])cc1. The van der Waals surface area contributed by atoms with Crippen molar-refractivity contribution >= 4 is 5.69 Å². The van der Waals surface area contributed by atoms with E-state index in [9.17, 15) is 15.4 Å². The molecule has 0 aromatic heterocycles. The second-order valence-corrected chi connectivity index (χ2v) is 4.91. The second-order valence-electron chi connectivity index (χ2n) is 4.91. The molecule has 0 fully saturated rings. The van der Waals surface area contributed by atoms with Gasteiger partial charge in [-0.15, -0.1) is 0 Å². The first-order valence-electron chi connectivity index (χ1n) is 6.60. The van der Waals surface area contributed by atoms with Crippen molar-refractivity contribution in [2.75, 3.05) is 0 Å². The number of benzene rings is 2. The van der Waals surface area contributed by atoms with E-state index in [0.29, 0.717) is 5.56 Å². The van der Waals surface area contributed by atoms with E-state index >= 15 is 0 Å². The molecule has 0 radical (unpaired) electrons. The zero-order chi connectivity index (χ0) is 17.0. The van der Waals surface area contributed by atoms with E-state index < -0.39 is 10.8 Å². The van der Waals surface area contributed by atoms with Gasteiger partial charge in [-0.25, -0.2) is 0 Å². The largest absolute Gasteiger partial charge is 0.275 e. The van der Waals surface area contributed by atoms with Gasteiger partial charge in [-0.2, -0.15) is 15.8 Å². The minimum Gasteiger partial charge on any atom is -0.258 e. The summed E-state index contributed by atoms with van der Waals surface area (Å²) >= 11 is 0. The summed E-state index contributed by atoms with van der Waals surface area (Å²) in [5.74, 6) is -0.893. The van der Waals surface area contributed by atoms with Gasteiger partial charge in [0.1, 0.15) is 18.1 Å². The van der Waals surface area contributed by atoms with Gasteiger partial charge in [0.2, 0.25) is 0 Å². The Kier molecular flexibility index (Phi) is 4.36. The minimum absolute atomic E-state index is 0.0143. The van der Waals surface area contributed by atoms with E-state index in [-0.39, 0.29) is 22.4 Å². The third-order valence-corrected chi connectivity index (χ3v) is 3.46. The van der Waals surface area contributed by atoms with Gasteiger partial charge in [-0.1, -0.05) is 29.8 Å². The molecule has 2 aromatic rings. The molecule has 0 saturated carbocycles. The number of hydrogen-bond donors (Lipinski definition) is 0. The Balaban J connectivity index is 2.71. The Bertz CT molecular complexity index is 896. The van der Waals surface area contributed by atoms with Crippen molar-refractivity contribution in [3.8, 4) is 18.2 Å². The van der Waals surface area contributed by atoms with Crippen molar-refractivity contribution in [2.45, 2.75) is 12.8 Å². The molecule has 0 heterocycles. The number of aryl methyl sites for hydroxylation is 1. The maximum atomic E-state index is 11.3. The van der Waals surface area contributed by atoms with Crippen LogP contribution in [0.2, 0.25) is 0 Å². The number of hydrogen-bond acceptors (Lipinski definition) is 5. The summed E-state index contributed by atoms with van der Waals surface area (Å²) < 4.78 is 0. The molecule has 23 heavy (non-hydrogen) atoms. The molecule has 0 bridgehead atoms. The van der Waals surface area contributed by atoms with E-state index in [1.807, 2.05) is 19.1 Å². The summed E-state index contributed by atoms with van der Waals surface area (Å²) in [6, 6.07) is 15.0. The molecule has 6 nitrogen and oxygen atoms in total. The van der Waals surface area contributed by atoms with Gasteiger partial charge >= 0.3 is 0 Å². The summed E-state index contributed by atoms with van der Waals surface area (Å²) in [4.78, 5) is 10.7. The minimum atomic E-state index is -0.893.